The van der Waals surface area contributed by atoms with E-state index in [1.807, 2.05) is 31.2 Å². The van der Waals surface area contributed by atoms with Crippen molar-refractivity contribution in [2.45, 2.75) is 44.8 Å². The summed E-state index contributed by atoms with van der Waals surface area (Å²) in [6, 6.07) is 7.34. The average Bonchev–Trinajstić information content (AvgIpc) is 3.00. The Labute approximate surface area is 124 Å². The maximum Gasteiger partial charge on any atom is 0.255 e. The highest BCUT2D eigenvalue weighted by molar-refractivity contribution is 7.80. The Kier molecular flexibility index (Phi) is 3.61. The molecular weight excluding hydrogens is 272 g/mol. The van der Waals surface area contributed by atoms with E-state index in [0.717, 1.165) is 24.3 Å². The van der Waals surface area contributed by atoms with Gasteiger partial charge >= 0.3 is 0 Å². The molecule has 1 amide bonds. The number of anilines is 1. The largest absolute Gasteiger partial charge is 0.490 e. The summed E-state index contributed by atoms with van der Waals surface area (Å²) in [7, 11) is 0. The zero-order chi connectivity index (χ0) is 14.1. The summed E-state index contributed by atoms with van der Waals surface area (Å²) < 4.78 is 5.97. The Morgan fingerprint density at radius 1 is 1.35 bits per heavy atom. The molecular formula is C15H18N2O2S. The number of hydrogen-bond donors (Lipinski definition) is 1. The van der Waals surface area contributed by atoms with Crippen molar-refractivity contribution in [2.75, 3.05) is 4.90 Å². The normalized spacial score (nSPS) is 23.2. The van der Waals surface area contributed by atoms with Crippen LogP contribution >= 0.6 is 12.2 Å². The molecule has 1 aliphatic heterocycles. The molecule has 0 bridgehead atoms. The second-order valence-electron chi connectivity index (χ2n) is 5.37. The van der Waals surface area contributed by atoms with Crippen molar-refractivity contribution in [2.24, 2.45) is 0 Å². The van der Waals surface area contributed by atoms with Crippen LogP contribution in [0.3, 0.4) is 0 Å². The van der Waals surface area contributed by atoms with E-state index in [2.05, 4.69) is 5.32 Å². The Balaban J connectivity index is 1.80. The van der Waals surface area contributed by atoms with Crippen molar-refractivity contribution in [1.29, 1.82) is 0 Å². The van der Waals surface area contributed by atoms with E-state index in [1.165, 1.54) is 12.8 Å². The summed E-state index contributed by atoms with van der Waals surface area (Å²) in [5.41, 5.74) is 0.771. The van der Waals surface area contributed by atoms with Crippen molar-refractivity contribution in [1.82, 2.24) is 5.32 Å². The second-order valence-corrected chi connectivity index (χ2v) is 5.75. The van der Waals surface area contributed by atoms with Crippen molar-refractivity contribution >= 4 is 28.9 Å². The first-order valence-electron chi connectivity index (χ1n) is 7.06. The van der Waals surface area contributed by atoms with E-state index in [1.54, 1.807) is 4.90 Å². The molecule has 0 spiro atoms. The van der Waals surface area contributed by atoms with Crippen molar-refractivity contribution < 1.29 is 9.53 Å². The van der Waals surface area contributed by atoms with Crippen LogP contribution < -0.4 is 15.0 Å². The van der Waals surface area contributed by atoms with Gasteiger partial charge in [0.05, 0.1) is 11.8 Å². The lowest BCUT2D eigenvalue weighted by Gasteiger charge is -2.18. The Bertz CT molecular complexity index is 540. The number of amides is 1. The molecule has 4 nitrogen and oxygen atoms in total. The summed E-state index contributed by atoms with van der Waals surface area (Å²) in [6.07, 6.45) is 5.01. The van der Waals surface area contributed by atoms with Crippen molar-refractivity contribution in [3.63, 3.8) is 0 Å². The van der Waals surface area contributed by atoms with Gasteiger partial charge in [-0.1, -0.05) is 6.07 Å². The molecule has 1 saturated heterocycles. The first-order chi connectivity index (χ1) is 9.65. The maximum atomic E-state index is 12.1. The molecule has 1 aliphatic carbocycles. The van der Waals surface area contributed by atoms with Gasteiger partial charge in [-0.3, -0.25) is 9.69 Å². The first-order valence-corrected chi connectivity index (χ1v) is 7.47. The molecule has 1 saturated carbocycles. The van der Waals surface area contributed by atoms with Crippen LogP contribution in [0.25, 0.3) is 0 Å². The fourth-order valence-corrected chi connectivity index (χ4v) is 3.12. The van der Waals surface area contributed by atoms with E-state index in [0.29, 0.717) is 11.2 Å². The third kappa shape index (κ3) is 2.50. The summed E-state index contributed by atoms with van der Waals surface area (Å²) in [5.74, 6) is 0.789. The number of carbonyl (C=O) groups is 1. The molecule has 1 N–H and O–H groups in total. The van der Waals surface area contributed by atoms with Gasteiger partial charge in [-0.05, 0) is 57.0 Å². The van der Waals surface area contributed by atoms with Gasteiger partial charge in [0.2, 0.25) is 0 Å². The van der Waals surface area contributed by atoms with Gasteiger partial charge in [0.1, 0.15) is 11.8 Å². The molecule has 1 aromatic rings. The Morgan fingerprint density at radius 3 is 2.75 bits per heavy atom. The van der Waals surface area contributed by atoms with Crippen molar-refractivity contribution in [3.05, 3.63) is 24.3 Å². The third-order valence-electron chi connectivity index (χ3n) is 3.81. The van der Waals surface area contributed by atoms with E-state index in [9.17, 15) is 4.79 Å². The van der Waals surface area contributed by atoms with Crippen LogP contribution in [-0.4, -0.2) is 23.2 Å². The minimum absolute atomic E-state index is 0.0204. The number of carbonyl (C=O) groups excluding carboxylic acids is 1. The molecule has 0 unspecified atom stereocenters. The van der Waals surface area contributed by atoms with Gasteiger partial charge in [-0.25, -0.2) is 0 Å². The summed E-state index contributed by atoms with van der Waals surface area (Å²) >= 11 is 5.22. The number of hydrogen-bond acceptors (Lipinski definition) is 3. The molecule has 106 valence electrons. The van der Waals surface area contributed by atoms with Crippen LogP contribution in [-0.2, 0) is 4.79 Å². The monoisotopic (exact) mass is 290 g/mol. The number of rotatable bonds is 3. The highest BCUT2D eigenvalue weighted by Gasteiger charge is 2.33. The Morgan fingerprint density at radius 2 is 2.10 bits per heavy atom. The summed E-state index contributed by atoms with van der Waals surface area (Å²) in [5, 5.41) is 3.43. The van der Waals surface area contributed by atoms with Gasteiger partial charge in [0, 0.05) is 6.07 Å². The summed E-state index contributed by atoms with van der Waals surface area (Å²) in [6.45, 7) is 1.81. The smallest absolute Gasteiger partial charge is 0.255 e. The quantitative estimate of drug-likeness (QED) is 0.869. The molecule has 3 rings (SSSR count). The molecule has 1 aromatic carbocycles. The fraction of sp³-hybridized carbons (Fsp3) is 0.467. The zero-order valence-corrected chi connectivity index (χ0v) is 12.3. The minimum Gasteiger partial charge on any atom is -0.490 e. The fourth-order valence-electron chi connectivity index (χ4n) is 2.74. The number of thiocarbonyl (C=S) groups is 1. The number of benzene rings is 1. The molecule has 0 aromatic heterocycles. The van der Waals surface area contributed by atoms with E-state index in [-0.39, 0.29) is 11.9 Å². The van der Waals surface area contributed by atoms with Crippen LogP contribution in [0.5, 0.6) is 5.75 Å². The standard InChI is InChI=1S/C15H18N2O2S/c1-10-14(18)17(15(20)16-10)11-5-4-8-13(9-11)19-12-6-2-3-7-12/h4-5,8-10,12H,2-3,6-7H2,1H3,(H,16,20)/t10-/m1/s1. The number of ether oxygens (including phenoxy) is 1. The van der Waals surface area contributed by atoms with Gasteiger partial charge in [0.15, 0.2) is 5.11 Å². The lowest BCUT2D eigenvalue weighted by Crippen LogP contribution is -2.30. The van der Waals surface area contributed by atoms with Crippen LogP contribution in [0.2, 0.25) is 0 Å². The SMILES string of the molecule is C[C@H]1NC(=S)N(c2cccc(OC3CCCC3)c2)C1=O. The van der Waals surface area contributed by atoms with Gasteiger partial charge in [0.25, 0.3) is 5.91 Å². The topological polar surface area (TPSA) is 41.6 Å². The highest BCUT2D eigenvalue weighted by atomic mass is 32.1. The van der Waals surface area contributed by atoms with Crippen LogP contribution in [0.1, 0.15) is 32.6 Å². The lowest BCUT2D eigenvalue weighted by molar-refractivity contribution is -0.117. The molecule has 2 fully saturated rings. The molecule has 2 aliphatic rings. The average molecular weight is 290 g/mol. The van der Waals surface area contributed by atoms with Gasteiger partial charge in [-0.2, -0.15) is 0 Å². The van der Waals surface area contributed by atoms with Crippen molar-refractivity contribution in [3.8, 4) is 5.75 Å². The molecule has 0 radical (unpaired) electrons. The highest BCUT2D eigenvalue weighted by Crippen LogP contribution is 2.28. The predicted molar refractivity (Wildman–Crippen MR) is 82.0 cm³/mol. The Hall–Kier alpha value is -1.62. The number of nitrogens with zero attached hydrogens (tertiary/aromatic N) is 1. The maximum absolute atomic E-state index is 12.1. The van der Waals surface area contributed by atoms with Gasteiger partial charge in [-0.15, -0.1) is 0 Å². The zero-order valence-electron chi connectivity index (χ0n) is 11.5. The molecule has 1 atom stereocenters. The van der Waals surface area contributed by atoms with E-state index >= 15 is 0 Å². The summed E-state index contributed by atoms with van der Waals surface area (Å²) in [4.78, 5) is 13.7. The van der Waals surface area contributed by atoms with Crippen LogP contribution in [0.4, 0.5) is 5.69 Å². The van der Waals surface area contributed by atoms with E-state index < -0.39 is 0 Å². The first kappa shape index (κ1) is 13.4. The van der Waals surface area contributed by atoms with Crippen LogP contribution in [0, 0.1) is 0 Å². The van der Waals surface area contributed by atoms with Crippen LogP contribution in [0.15, 0.2) is 24.3 Å². The van der Waals surface area contributed by atoms with Gasteiger partial charge < -0.3 is 10.1 Å². The number of nitrogens with one attached hydrogen (secondary N) is 1. The molecule has 5 heteroatoms. The molecule has 1 heterocycles. The molecule has 20 heavy (non-hydrogen) atoms. The van der Waals surface area contributed by atoms with E-state index in [4.69, 9.17) is 17.0 Å². The third-order valence-corrected chi connectivity index (χ3v) is 4.12. The second kappa shape index (κ2) is 5.40. The predicted octanol–water partition coefficient (Wildman–Crippen LogP) is 2.62. The lowest BCUT2D eigenvalue weighted by atomic mass is 10.2. The minimum atomic E-state index is -0.262.